The number of carbonyl (C=O) groups excluding carboxylic acids is 1. The fraction of sp³-hybridized carbons (Fsp3) is 0.545. The monoisotopic (exact) mass is 493 g/mol. The first kappa shape index (κ1) is 25.6. The van der Waals surface area contributed by atoms with E-state index in [-0.39, 0.29) is 29.1 Å². The highest BCUT2D eigenvalue weighted by Gasteiger charge is 2.31. The molecule has 34 heavy (non-hydrogen) atoms. The van der Waals surface area contributed by atoms with Crippen LogP contribution in [0.15, 0.2) is 23.5 Å². The summed E-state index contributed by atoms with van der Waals surface area (Å²) in [6.45, 7) is 8.09. The summed E-state index contributed by atoms with van der Waals surface area (Å²) in [6, 6.07) is 2.59. The molecule has 2 aromatic rings. The third kappa shape index (κ3) is 6.54. The molecule has 0 aromatic carbocycles. The van der Waals surface area contributed by atoms with E-state index in [2.05, 4.69) is 25.6 Å². The van der Waals surface area contributed by atoms with Gasteiger partial charge in [-0.3, -0.25) is 4.79 Å². The Morgan fingerprint density at radius 3 is 2.71 bits per heavy atom. The maximum Gasteiger partial charge on any atom is 0.323 e. The molecule has 1 saturated heterocycles. The van der Waals surface area contributed by atoms with E-state index < -0.39 is 15.9 Å². The smallest absolute Gasteiger partial charge is 0.323 e. The Hall–Kier alpha value is -2.99. The summed E-state index contributed by atoms with van der Waals surface area (Å²) in [7, 11) is -3.42. The van der Waals surface area contributed by atoms with Gasteiger partial charge < -0.3 is 24.8 Å². The SMILES string of the molecule is CCOc1c(Nc2ccc(S(C)(=O)=O)nc2C)ncnc1OC1CCNC(C(=O)OC(C)C)C1. The van der Waals surface area contributed by atoms with Crippen molar-refractivity contribution in [3.8, 4) is 11.6 Å². The molecule has 0 aliphatic carbocycles. The lowest BCUT2D eigenvalue weighted by Gasteiger charge is -2.30. The number of nitrogens with one attached hydrogen (secondary N) is 2. The zero-order chi connectivity index (χ0) is 24.9. The maximum atomic E-state index is 12.3. The van der Waals surface area contributed by atoms with E-state index in [4.69, 9.17) is 14.2 Å². The number of aromatic nitrogens is 3. The van der Waals surface area contributed by atoms with E-state index in [0.29, 0.717) is 48.9 Å². The first-order valence-corrected chi connectivity index (χ1v) is 13.0. The molecule has 0 amide bonds. The molecule has 186 valence electrons. The third-order valence-corrected chi connectivity index (χ3v) is 6.01. The Balaban J connectivity index is 1.81. The maximum absolute atomic E-state index is 12.3. The highest BCUT2D eigenvalue weighted by Crippen LogP contribution is 2.35. The molecule has 2 aromatic heterocycles. The van der Waals surface area contributed by atoms with Crippen LogP contribution in [0.2, 0.25) is 0 Å². The number of pyridine rings is 1. The summed E-state index contributed by atoms with van der Waals surface area (Å²) >= 11 is 0. The quantitative estimate of drug-likeness (QED) is 0.496. The molecule has 1 fully saturated rings. The fourth-order valence-electron chi connectivity index (χ4n) is 3.45. The van der Waals surface area contributed by atoms with Gasteiger partial charge in [0.15, 0.2) is 20.7 Å². The number of piperidine rings is 1. The number of aryl methyl sites for hydroxylation is 1. The molecule has 2 atom stereocenters. The lowest BCUT2D eigenvalue weighted by molar-refractivity contribution is -0.151. The number of anilines is 2. The standard InChI is InChI=1S/C22H31N5O6S/c1-6-31-19-20(27-16-7-8-18(26-14(16)4)34(5,29)30)24-12-25-21(19)33-15-9-10-23-17(11-15)22(28)32-13(2)3/h7-8,12-13,15,17,23H,6,9-11H2,1-5H3,(H,24,25,27). The van der Waals surface area contributed by atoms with Gasteiger partial charge in [-0.25, -0.2) is 18.4 Å². The van der Waals surface area contributed by atoms with Gasteiger partial charge in [-0.05, 0) is 52.8 Å². The second kappa shape index (κ2) is 11.0. The van der Waals surface area contributed by atoms with Gasteiger partial charge in [-0.1, -0.05) is 0 Å². The molecular weight excluding hydrogens is 462 g/mol. The second-order valence-electron chi connectivity index (χ2n) is 8.23. The minimum absolute atomic E-state index is 0.0104. The van der Waals surface area contributed by atoms with Crippen LogP contribution in [0, 0.1) is 6.92 Å². The van der Waals surface area contributed by atoms with Crippen LogP contribution < -0.4 is 20.1 Å². The average molecular weight is 494 g/mol. The van der Waals surface area contributed by atoms with E-state index in [1.165, 1.54) is 12.4 Å². The first-order valence-electron chi connectivity index (χ1n) is 11.1. The zero-order valence-corrected chi connectivity index (χ0v) is 20.8. The van der Waals surface area contributed by atoms with Crippen molar-refractivity contribution in [1.82, 2.24) is 20.3 Å². The molecular formula is C22H31N5O6S. The Morgan fingerprint density at radius 1 is 1.29 bits per heavy atom. The summed E-state index contributed by atoms with van der Waals surface area (Å²) in [5, 5.41) is 6.28. The van der Waals surface area contributed by atoms with Gasteiger partial charge >= 0.3 is 5.97 Å². The van der Waals surface area contributed by atoms with Crippen LogP contribution in [0.1, 0.15) is 39.3 Å². The van der Waals surface area contributed by atoms with Crippen molar-refractivity contribution in [1.29, 1.82) is 0 Å². The summed E-state index contributed by atoms with van der Waals surface area (Å²) < 4.78 is 40.8. The van der Waals surface area contributed by atoms with Gasteiger partial charge in [-0.15, -0.1) is 0 Å². The van der Waals surface area contributed by atoms with Gasteiger partial charge in [0.25, 0.3) is 5.88 Å². The number of hydrogen-bond donors (Lipinski definition) is 2. The normalized spacial score (nSPS) is 18.4. The van der Waals surface area contributed by atoms with E-state index in [0.717, 1.165) is 6.26 Å². The van der Waals surface area contributed by atoms with Crippen molar-refractivity contribution in [2.24, 2.45) is 0 Å². The molecule has 2 unspecified atom stereocenters. The third-order valence-electron chi connectivity index (χ3n) is 5.02. The molecule has 0 radical (unpaired) electrons. The highest BCUT2D eigenvalue weighted by molar-refractivity contribution is 7.90. The van der Waals surface area contributed by atoms with E-state index >= 15 is 0 Å². The molecule has 0 bridgehead atoms. The Kier molecular flexibility index (Phi) is 8.26. The Labute approximate surface area is 199 Å². The average Bonchev–Trinajstić information content (AvgIpc) is 2.76. The predicted molar refractivity (Wildman–Crippen MR) is 125 cm³/mol. The summed E-state index contributed by atoms with van der Waals surface area (Å²) in [6.07, 6.45) is 3.10. The van der Waals surface area contributed by atoms with Crippen LogP contribution >= 0.6 is 0 Å². The topological polar surface area (TPSA) is 142 Å². The number of esters is 1. The van der Waals surface area contributed by atoms with Gasteiger partial charge in [-0.2, -0.15) is 4.98 Å². The molecule has 3 heterocycles. The van der Waals surface area contributed by atoms with Gasteiger partial charge in [0, 0.05) is 12.7 Å². The Bertz CT molecular complexity index is 1120. The summed E-state index contributed by atoms with van der Waals surface area (Å²) in [4.78, 5) is 25.0. The minimum Gasteiger partial charge on any atom is -0.486 e. The lowest BCUT2D eigenvalue weighted by Crippen LogP contribution is -2.48. The number of hydrogen-bond acceptors (Lipinski definition) is 11. The summed E-state index contributed by atoms with van der Waals surface area (Å²) in [5.74, 6) is 0.615. The fourth-order valence-corrected chi connectivity index (χ4v) is 4.07. The van der Waals surface area contributed by atoms with Crippen LogP contribution in [0.25, 0.3) is 0 Å². The number of ether oxygens (including phenoxy) is 3. The van der Waals surface area contributed by atoms with E-state index in [1.807, 2.05) is 20.8 Å². The van der Waals surface area contributed by atoms with Gasteiger partial charge in [0.2, 0.25) is 5.75 Å². The largest absolute Gasteiger partial charge is 0.486 e. The molecule has 1 aliphatic rings. The molecule has 0 saturated carbocycles. The lowest BCUT2D eigenvalue weighted by atomic mass is 10.0. The molecule has 2 N–H and O–H groups in total. The van der Waals surface area contributed by atoms with Crippen molar-refractivity contribution >= 4 is 27.3 Å². The van der Waals surface area contributed by atoms with E-state index in [9.17, 15) is 13.2 Å². The van der Waals surface area contributed by atoms with Crippen LogP contribution in [0.3, 0.4) is 0 Å². The number of nitrogens with zero attached hydrogens (tertiary/aromatic N) is 3. The van der Waals surface area contributed by atoms with Crippen molar-refractivity contribution < 1.29 is 27.4 Å². The van der Waals surface area contributed by atoms with Crippen LogP contribution in [-0.2, 0) is 19.4 Å². The van der Waals surface area contributed by atoms with Gasteiger partial charge in [0.1, 0.15) is 18.5 Å². The van der Waals surface area contributed by atoms with Crippen molar-refractivity contribution in [2.75, 3.05) is 24.7 Å². The molecule has 3 rings (SSSR count). The van der Waals surface area contributed by atoms with Crippen molar-refractivity contribution in [3.63, 3.8) is 0 Å². The number of carbonyl (C=O) groups is 1. The molecule has 0 spiro atoms. The minimum atomic E-state index is -3.42. The second-order valence-corrected chi connectivity index (χ2v) is 10.2. The van der Waals surface area contributed by atoms with Crippen molar-refractivity contribution in [3.05, 3.63) is 24.2 Å². The number of sulfone groups is 1. The number of rotatable bonds is 9. The van der Waals surface area contributed by atoms with Crippen LogP contribution in [0.5, 0.6) is 11.6 Å². The molecule has 11 nitrogen and oxygen atoms in total. The first-order chi connectivity index (χ1) is 16.1. The predicted octanol–water partition coefficient (Wildman–Crippen LogP) is 2.18. The zero-order valence-electron chi connectivity index (χ0n) is 20.0. The summed E-state index contributed by atoms with van der Waals surface area (Å²) in [5.41, 5.74) is 1.05. The van der Waals surface area contributed by atoms with Crippen LogP contribution in [-0.4, -0.2) is 67.0 Å². The molecule has 12 heteroatoms. The van der Waals surface area contributed by atoms with Gasteiger partial charge in [0.05, 0.1) is 24.1 Å². The molecule has 1 aliphatic heterocycles. The van der Waals surface area contributed by atoms with Crippen LogP contribution in [0.4, 0.5) is 11.5 Å². The Morgan fingerprint density at radius 2 is 2.06 bits per heavy atom. The highest BCUT2D eigenvalue weighted by atomic mass is 32.2. The van der Waals surface area contributed by atoms with E-state index in [1.54, 1.807) is 13.0 Å². The van der Waals surface area contributed by atoms with Crippen molar-refractivity contribution in [2.45, 2.75) is 63.8 Å².